The third kappa shape index (κ3) is 15.3. The predicted octanol–water partition coefficient (Wildman–Crippen LogP) is 5.09. The van der Waals surface area contributed by atoms with Gasteiger partial charge in [-0.1, -0.05) is 17.7 Å². The number of ether oxygens (including phenoxy) is 3. The van der Waals surface area contributed by atoms with E-state index in [1.807, 2.05) is 0 Å². The molecule has 62 heavy (non-hydrogen) atoms. The van der Waals surface area contributed by atoms with E-state index in [-0.39, 0.29) is 28.9 Å². The Morgan fingerprint density at radius 2 is 1.68 bits per heavy atom. The van der Waals surface area contributed by atoms with E-state index in [2.05, 4.69) is 25.1 Å². The number of benzene rings is 3. The SMILES string of the molecule is CCOC(=O)COC(=O)c1cc(Oc2ccc(C(F)(F)F)cc2Cl)ccc1[N+](=O)[O-].Cc1ccn2nc(S(=O)(=O)Nc3c(F)cccc3F)nc2n1.O=C(O)CNCP(=O)(O)O. The van der Waals surface area contributed by atoms with Crippen LogP contribution in [0.5, 0.6) is 11.5 Å². The number of nitrogens with one attached hydrogen (secondary N) is 2. The van der Waals surface area contributed by atoms with E-state index in [1.54, 1.807) is 17.7 Å². The van der Waals surface area contributed by atoms with Gasteiger partial charge < -0.3 is 29.1 Å². The van der Waals surface area contributed by atoms with Crippen LogP contribution in [-0.4, -0.2) is 91.8 Å². The minimum absolute atomic E-state index is 0.0493. The third-order valence-electron chi connectivity index (χ3n) is 6.86. The Morgan fingerprint density at radius 3 is 2.24 bits per heavy atom. The number of carboxylic acid groups (broad SMARTS) is 1. The number of esters is 2. The number of para-hydroxylation sites is 1. The number of nitro benzene ring substituents is 1. The van der Waals surface area contributed by atoms with Crippen LogP contribution in [0.4, 0.5) is 33.3 Å². The number of hydrogen-bond acceptors (Lipinski definition) is 15. The van der Waals surface area contributed by atoms with Crippen molar-refractivity contribution in [2.24, 2.45) is 0 Å². The van der Waals surface area contributed by atoms with Crippen molar-refractivity contribution < 1.29 is 83.3 Å². The molecule has 0 saturated carbocycles. The van der Waals surface area contributed by atoms with Crippen LogP contribution >= 0.6 is 19.2 Å². The summed E-state index contributed by atoms with van der Waals surface area (Å²) in [5.74, 6) is -5.52. The summed E-state index contributed by atoms with van der Waals surface area (Å²) in [5.41, 5.74) is -2.33. The number of aryl methyl sites for hydroxylation is 1. The van der Waals surface area contributed by atoms with Crippen molar-refractivity contribution in [3.8, 4) is 11.5 Å². The molecular formula is C33H30ClF5N7O14PS. The fourth-order valence-corrected chi connectivity index (χ4v) is 5.81. The lowest BCUT2D eigenvalue weighted by molar-refractivity contribution is -0.385. The highest BCUT2D eigenvalue weighted by Gasteiger charge is 2.31. The topological polar surface area (TPSA) is 301 Å². The minimum atomic E-state index is -4.61. The Bertz CT molecular complexity index is 2600. The van der Waals surface area contributed by atoms with Crippen molar-refractivity contribution in [1.82, 2.24) is 24.9 Å². The summed E-state index contributed by atoms with van der Waals surface area (Å²) in [4.78, 5) is 67.7. The first kappa shape index (κ1) is 50.0. The zero-order chi connectivity index (χ0) is 46.6. The highest BCUT2D eigenvalue weighted by atomic mass is 35.5. The Morgan fingerprint density at radius 1 is 1.02 bits per heavy atom. The van der Waals surface area contributed by atoms with Gasteiger partial charge in [-0.25, -0.2) is 27.9 Å². The molecule has 0 unspecified atom stereocenters. The molecule has 5 rings (SSSR count). The summed E-state index contributed by atoms with van der Waals surface area (Å²) in [6.45, 7) is 2.09. The largest absolute Gasteiger partial charge is 0.480 e. The molecule has 0 aliphatic rings. The molecule has 0 spiro atoms. The first-order chi connectivity index (χ1) is 28.8. The molecule has 0 bridgehead atoms. The molecule has 5 N–H and O–H groups in total. The number of nitrogens with zero attached hydrogens (tertiary/aromatic N) is 5. The number of hydrogen-bond donors (Lipinski definition) is 5. The van der Waals surface area contributed by atoms with Crippen molar-refractivity contribution in [2.45, 2.75) is 25.2 Å². The molecule has 21 nitrogen and oxygen atoms in total. The van der Waals surface area contributed by atoms with Crippen molar-refractivity contribution in [3.63, 3.8) is 0 Å². The van der Waals surface area contributed by atoms with E-state index in [0.717, 1.165) is 53.0 Å². The second-order valence-electron chi connectivity index (χ2n) is 11.6. The van der Waals surface area contributed by atoms with Gasteiger partial charge in [0.25, 0.3) is 26.6 Å². The van der Waals surface area contributed by atoms with Crippen LogP contribution < -0.4 is 14.8 Å². The molecule has 0 radical (unpaired) electrons. The van der Waals surface area contributed by atoms with Crippen LogP contribution in [0.15, 0.2) is 72.0 Å². The lowest BCUT2D eigenvalue weighted by Crippen LogP contribution is -2.23. The van der Waals surface area contributed by atoms with Crippen LogP contribution in [-0.2, 0) is 39.8 Å². The van der Waals surface area contributed by atoms with Gasteiger partial charge in [0.2, 0.25) is 0 Å². The van der Waals surface area contributed by atoms with Crippen molar-refractivity contribution in [1.29, 1.82) is 0 Å². The molecule has 2 aromatic heterocycles. The molecule has 0 aliphatic heterocycles. The van der Waals surface area contributed by atoms with Crippen molar-refractivity contribution in [3.05, 3.63) is 110 Å². The highest BCUT2D eigenvalue weighted by molar-refractivity contribution is 7.92. The number of rotatable bonds is 14. The van der Waals surface area contributed by atoms with Gasteiger partial charge in [0.1, 0.15) is 34.4 Å². The third-order valence-corrected chi connectivity index (χ3v) is 8.92. The number of sulfonamides is 1. The smallest absolute Gasteiger partial charge is 0.416 e. The van der Waals surface area contributed by atoms with Gasteiger partial charge in [0.05, 0.1) is 34.9 Å². The van der Waals surface area contributed by atoms with Crippen LogP contribution in [0.3, 0.4) is 0 Å². The van der Waals surface area contributed by atoms with Crippen LogP contribution in [0.1, 0.15) is 28.5 Å². The summed E-state index contributed by atoms with van der Waals surface area (Å²) in [6, 6.07) is 9.96. The predicted molar refractivity (Wildman–Crippen MR) is 202 cm³/mol. The number of aromatic nitrogens is 4. The average molecular weight is 942 g/mol. The number of nitro groups is 1. The summed E-state index contributed by atoms with van der Waals surface area (Å²) in [6.07, 6.45) is -3.72. The monoisotopic (exact) mass is 941 g/mol. The first-order valence-electron chi connectivity index (χ1n) is 16.6. The lowest BCUT2D eigenvalue weighted by atomic mass is 10.1. The molecule has 0 saturated heterocycles. The van der Waals surface area contributed by atoms with E-state index >= 15 is 0 Å². The van der Waals surface area contributed by atoms with E-state index < -0.39 is 105 Å². The first-order valence-corrected chi connectivity index (χ1v) is 20.3. The maximum absolute atomic E-state index is 13.5. The van der Waals surface area contributed by atoms with E-state index in [0.29, 0.717) is 11.8 Å². The van der Waals surface area contributed by atoms with E-state index in [9.17, 15) is 59.4 Å². The standard InChI is InChI=1S/C18H13ClF3NO7.C12H9F2N5O2S.C3H8NO5P/c1-2-28-16(24)9-29-17(25)12-8-11(4-5-14(12)23(26)27)30-15-6-3-10(7-13(15)19)18(20,21)22;1-7-5-6-19-11(15-7)16-12(17-19)22(20,21)18-10-8(13)3-2-4-9(10)14;5-3(6)1-4-2-10(7,8)9/h3-8H,2,9H2,1H3;2-6,18H,1H3;4H,1-2H2,(H,5,6)(H2,7,8,9). The van der Waals surface area contributed by atoms with Gasteiger partial charge >= 0.3 is 31.7 Å². The Labute approximate surface area is 349 Å². The van der Waals surface area contributed by atoms with Crippen LogP contribution in [0.25, 0.3) is 5.78 Å². The number of carbonyl (C=O) groups is 3. The van der Waals surface area contributed by atoms with E-state index in [1.165, 1.54) is 13.1 Å². The van der Waals surface area contributed by atoms with Crippen molar-refractivity contribution >= 4 is 64.3 Å². The zero-order valence-corrected chi connectivity index (χ0v) is 33.8. The fourth-order valence-electron chi connectivity index (χ4n) is 4.24. The Balaban J connectivity index is 0.000000279. The number of carboxylic acids is 1. The number of carbonyl (C=O) groups excluding carboxylic acids is 2. The molecule has 3 aromatic carbocycles. The summed E-state index contributed by atoms with van der Waals surface area (Å²) >= 11 is 5.81. The zero-order valence-electron chi connectivity index (χ0n) is 31.4. The van der Waals surface area contributed by atoms with Crippen LogP contribution in [0.2, 0.25) is 5.02 Å². The Hall–Kier alpha value is -6.38. The van der Waals surface area contributed by atoms with Gasteiger partial charge in [-0.3, -0.25) is 29.5 Å². The number of anilines is 1. The summed E-state index contributed by atoms with van der Waals surface area (Å²) in [5, 5.41) is 23.9. The van der Waals surface area contributed by atoms with Gasteiger partial charge in [0.15, 0.2) is 6.61 Å². The number of halogens is 6. The molecule has 0 amide bonds. The van der Waals surface area contributed by atoms with Gasteiger partial charge in [-0.15, -0.1) is 5.10 Å². The fraction of sp³-hybridized carbons (Fsp3) is 0.212. The minimum Gasteiger partial charge on any atom is -0.480 e. The molecule has 0 fully saturated rings. The lowest BCUT2D eigenvalue weighted by Gasteiger charge is -2.12. The van der Waals surface area contributed by atoms with Crippen molar-refractivity contribution in [2.75, 3.05) is 30.8 Å². The van der Waals surface area contributed by atoms with Gasteiger partial charge in [-0.05, 0) is 56.3 Å². The summed E-state index contributed by atoms with van der Waals surface area (Å²) < 4.78 is 117. The molecule has 29 heteroatoms. The van der Waals surface area contributed by atoms with Gasteiger partial charge in [0, 0.05) is 24.0 Å². The molecule has 2 heterocycles. The maximum Gasteiger partial charge on any atom is 0.416 e. The Kier molecular flexibility index (Phi) is 17.3. The highest BCUT2D eigenvalue weighted by Crippen LogP contribution is 2.37. The number of fused-ring (bicyclic) bond motifs is 1. The molecule has 0 aliphatic carbocycles. The second-order valence-corrected chi connectivity index (χ2v) is 15.2. The average Bonchev–Trinajstić information content (AvgIpc) is 3.60. The number of aliphatic carboxylic acids is 1. The maximum atomic E-state index is 13.5. The number of alkyl halides is 3. The normalized spacial score (nSPS) is 11.3. The molecule has 334 valence electrons. The van der Waals surface area contributed by atoms with E-state index in [4.69, 9.17) is 36.0 Å². The summed E-state index contributed by atoms with van der Waals surface area (Å²) in [7, 11) is -8.44. The molecular weight excluding hydrogens is 912 g/mol. The molecule has 5 aromatic rings. The van der Waals surface area contributed by atoms with Gasteiger partial charge in [-0.2, -0.15) is 26.6 Å². The second kappa shape index (κ2) is 21.4. The van der Waals surface area contributed by atoms with Crippen LogP contribution in [0, 0.1) is 28.7 Å². The molecule has 0 atom stereocenters. The quantitative estimate of drug-likeness (QED) is 0.0318.